The van der Waals surface area contributed by atoms with Gasteiger partial charge in [0, 0.05) is 30.1 Å². The summed E-state index contributed by atoms with van der Waals surface area (Å²) in [6, 6.07) is 3.79. The molecule has 0 radical (unpaired) electrons. The van der Waals surface area contributed by atoms with Gasteiger partial charge >= 0.3 is 6.09 Å². The zero-order valence-electron chi connectivity index (χ0n) is 12.3. The van der Waals surface area contributed by atoms with Crippen LogP contribution in [0.4, 0.5) is 4.79 Å². The van der Waals surface area contributed by atoms with Gasteiger partial charge < -0.3 is 4.74 Å². The van der Waals surface area contributed by atoms with E-state index in [0.717, 1.165) is 16.8 Å². The molecule has 0 saturated carbocycles. The van der Waals surface area contributed by atoms with Gasteiger partial charge in [-0.25, -0.2) is 10.2 Å². The molecule has 2 aromatic rings. The fourth-order valence-electron chi connectivity index (χ4n) is 1.72. The Hall–Kier alpha value is -2.41. The number of pyridine rings is 1. The number of carbonyl (C=O) groups is 1. The van der Waals surface area contributed by atoms with E-state index >= 15 is 0 Å². The molecule has 0 saturated heterocycles. The zero-order chi connectivity index (χ0) is 15.3. The first-order chi connectivity index (χ1) is 9.96. The Bertz CT molecular complexity index is 589. The number of H-pyrrole nitrogens is 1. The molecule has 0 aliphatic carbocycles. The summed E-state index contributed by atoms with van der Waals surface area (Å²) in [6.45, 7) is 5.84. The molecule has 2 heterocycles. The van der Waals surface area contributed by atoms with E-state index in [4.69, 9.17) is 4.74 Å². The van der Waals surface area contributed by atoms with Crippen LogP contribution in [0.25, 0.3) is 11.3 Å². The van der Waals surface area contributed by atoms with Gasteiger partial charge in [-0.05, 0) is 32.9 Å². The lowest BCUT2D eigenvalue weighted by atomic mass is 10.1. The minimum Gasteiger partial charge on any atom is -0.443 e. The molecule has 3 N–H and O–H groups in total. The van der Waals surface area contributed by atoms with Gasteiger partial charge in [0.25, 0.3) is 0 Å². The first kappa shape index (κ1) is 15.0. The van der Waals surface area contributed by atoms with Crippen LogP contribution < -0.4 is 10.9 Å². The molecule has 1 amide bonds. The van der Waals surface area contributed by atoms with Crippen LogP contribution in [0, 0.1) is 0 Å². The summed E-state index contributed by atoms with van der Waals surface area (Å²) in [5.41, 5.74) is 7.49. The lowest BCUT2D eigenvalue weighted by Gasteiger charge is -2.19. The van der Waals surface area contributed by atoms with Crippen LogP contribution in [-0.2, 0) is 11.3 Å². The quantitative estimate of drug-likeness (QED) is 0.749. The number of aromatic nitrogens is 3. The predicted octanol–water partition coefficient (Wildman–Crippen LogP) is 2.00. The van der Waals surface area contributed by atoms with Crippen LogP contribution in [0.3, 0.4) is 0 Å². The SMILES string of the molecule is CC(C)(C)OC(=O)NNCc1cn[nH]c1-c1cccnc1. The standard InChI is InChI=1S/C14H19N5O2/c1-14(2,3)21-13(20)19-17-9-11-8-16-18-12(11)10-5-4-6-15-7-10/h4-8,17H,9H2,1-3H3,(H,16,18)(H,19,20). The molecule has 0 aliphatic heterocycles. The highest BCUT2D eigenvalue weighted by Gasteiger charge is 2.16. The number of aromatic amines is 1. The molecule has 2 rings (SSSR count). The highest BCUT2D eigenvalue weighted by molar-refractivity contribution is 5.67. The molecule has 0 unspecified atom stereocenters. The van der Waals surface area contributed by atoms with Crippen LogP contribution in [-0.4, -0.2) is 26.9 Å². The molecule has 0 spiro atoms. The van der Waals surface area contributed by atoms with Gasteiger partial charge in [-0.3, -0.25) is 15.5 Å². The number of ether oxygens (including phenoxy) is 1. The topological polar surface area (TPSA) is 91.9 Å². The van der Waals surface area contributed by atoms with Gasteiger partial charge in [-0.2, -0.15) is 5.10 Å². The summed E-state index contributed by atoms with van der Waals surface area (Å²) >= 11 is 0. The molecule has 7 nitrogen and oxygen atoms in total. The molecular formula is C14H19N5O2. The van der Waals surface area contributed by atoms with Crippen molar-refractivity contribution in [1.82, 2.24) is 26.0 Å². The van der Waals surface area contributed by atoms with Crippen LogP contribution in [0.5, 0.6) is 0 Å². The molecule has 0 atom stereocenters. The van der Waals surface area contributed by atoms with E-state index in [1.165, 1.54) is 0 Å². The molecule has 7 heteroatoms. The highest BCUT2D eigenvalue weighted by atomic mass is 16.6. The summed E-state index contributed by atoms with van der Waals surface area (Å²) in [7, 11) is 0. The van der Waals surface area contributed by atoms with Crippen molar-refractivity contribution in [3.8, 4) is 11.3 Å². The molecule has 112 valence electrons. The monoisotopic (exact) mass is 289 g/mol. The van der Waals surface area contributed by atoms with Crippen molar-refractivity contribution in [2.24, 2.45) is 0 Å². The number of nitrogens with one attached hydrogen (secondary N) is 3. The van der Waals surface area contributed by atoms with Crippen molar-refractivity contribution in [2.45, 2.75) is 32.9 Å². The van der Waals surface area contributed by atoms with Gasteiger partial charge in [0.15, 0.2) is 0 Å². The Balaban J connectivity index is 1.91. The van der Waals surface area contributed by atoms with Gasteiger partial charge in [-0.15, -0.1) is 0 Å². The van der Waals surface area contributed by atoms with Crippen molar-refractivity contribution in [1.29, 1.82) is 0 Å². The first-order valence-corrected chi connectivity index (χ1v) is 6.60. The number of rotatable bonds is 4. The first-order valence-electron chi connectivity index (χ1n) is 6.60. The third-order valence-corrected chi connectivity index (χ3v) is 2.54. The molecule has 0 aliphatic rings. The van der Waals surface area contributed by atoms with Crippen molar-refractivity contribution in [3.05, 3.63) is 36.3 Å². The summed E-state index contributed by atoms with van der Waals surface area (Å²) < 4.78 is 5.13. The minimum absolute atomic E-state index is 0.417. The van der Waals surface area contributed by atoms with Crippen molar-refractivity contribution < 1.29 is 9.53 Å². The number of hydrogen-bond acceptors (Lipinski definition) is 5. The van der Waals surface area contributed by atoms with E-state index in [2.05, 4.69) is 26.0 Å². The Morgan fingerprint density at radius 3 is 2.86 bits per heavy atom. The number of hydrazine groups is 1. The predicted molar refractivity (Wildman–Crippen MR) is 78.0 cm³/mol. The minimum atomic E-state index is -0.526. The van der Waals surface area contributed by atoms with E-state index in [0.29, 0.717) is 6.54 Å². The molecule has 0 fully saturated rings. The van der Waals surface area contributed by atoms with Crippen LogP contribution in [0.15, 0.2) is 30.7 Å². The Kier molecular flexibility index (Phi) is 4.54. The van der Waals surface area contributed by atoms with Gasteiger partial charge in [0.2, 0.25) is 0 Å². The van der Waals surface area contributed by atoms with Gasteiger partial charge in [0.1, 0.15) is 5.60 Å². The number of carbonyl (C=O) groups excluding carboxylic acids is 1. The van der Waals surface area contributed by atoms with Crippen LogP contribution in [0.1, 0.15) is 26.3 Å². The zero-order valence-corrected chi connectivity index (χ0v) is 12.3. The number of amides is 1. The Morgan fingerprint density at radius 1 is 1.38 bits per heavy atom. The van der Waals surface area contributed by atoms with E-state index < -0.39 is 11.7 Å². The molecule has 0 aromatic carbocycles. The summed E-state index contributed by atoms with van der Waals surface area (Å²) in [5, 5.41) is 6.94. The fraction of sp³-hybridized carbons (Fsp3) is 0.357. The maximum absolute atomic E-state index is 11.5. The molecule has 0 bridgehead atoms. The third-order valence-electron chi connectivity index (χ3n) is 2.54. The lowest BCUT2D eigenvalue weighted by molar-refractivity contribution is 0.0497. The van der Waals surface area contributed by atoms with Crippen molar-refractivity contribution in [3.63, 3.8) is 0 Å². The van der Waals surface area contributed by atoms with E-state index in [-0.39, 0.29) is 0 Å². The van der Waals surface area contributed by atoms with Gasteiger partial charge in [-0.1, -0.05) is 0 Å². The van der Waals surface area contributed by atoms with Crippen molar-refractivity contribution in [2.75, 3.05) is 0 Å². The van der Waals surface area contributed by atoms with Crippen LogP contribution >= 0.6 is 0 Å². The average Bonchev–Trinajstić information content (AvgIpc) is 2.86. The van der Waals surface area contributed by atoms with E-state index in [1.807, 2.05) is 32.9 Å². The lowest BCUT2D eigenvalue weighted by Crippen LogP contribution is -2.40. The Labute approximate surface area is 123 Å². The summed E-state index contributed by atoms with van der Waals surface area (Å²) in [5.74, 6) is 0. The van der Waals surface area contributed by atoms with E-state index in [1.54, 1.807) is 18.6 Å². The average molecular weight is 289 g/mol. The van der Waals surface area contributed by atoms with E-state index in [9.17, 15) is 4.79 Å². The Morgan fingerprint density at radius 2 is 2.19 bits per heavy atom. The normalized spacial score (nSPS) is 11.2. The highest BCUT2D eigenvalue weighted by Crippen LogP contribution is 2.19. The van der Waals surface area contributed by atoms with Crippen LogP contribution in [0.2, 0.25) is 0 Å². The fourth-order valence-corrected chi connectivity index (χ4v) is 1.72. The summed E-state index contributed by atoms with van der Waals surface area (Å²) in [6.07, 6.45) is 4.64. The molecule has 2 aromatic heterocycles. The molecular weight excluding hydrogens is 270 g/mol. The second-order valence-corrected chi connectivity index (χ2v) is 5.49. The second kappa shape index (κ2) is 6.36. The largest absolute Gasteiger partial charge is 0.443 e. The van der Waals surface area contributed by atoms with Gasteiger partial charge in [0.05, 0.1) is 11.9 Å². The smallest absolute Gasteiger partial charge is 0.422 e. The molecule has 21 heavy (non-hydrogen) atoms. The maximum atomic E-state index is 11.5. The number of nitrogens with zero attached hydrogens (tertiary/aromatic N) is 2. The maximum Gasteiger partial charge on any atom is 0.422 e. The number of hydrogen-bond donors (Lipinski definition) is 3. The summed E-state index contributed by atoms with van der Waals surface area (Å²) in [4.78, 5) is 15.6. The third kappa shape index (κ3) is 4.57. The second-order valence-electron chi connectivity index (χ2n) is 5.49. The van der Waals surface area contributed by atoms with Crippen molar-refractivity contribution >= 4 is 6.09 Å².